The lowest BCUT2D eigenvalue weighted by atomic mass is 10.0. The van der Waals surface area contributed by atoms with Crippen molar-refractivity contribution in [1.29, 1.82) is 0 Å². The zero-order valence-corrected chi connectivity index (χ0v) is 14.2. The summed E-state index contributed by atoms with van der Waals surface area (Å²) in [5, 5.41) is 5.90. The Morgan fingerprint density at radius 3 is 2.76 bits per heavy atom. The highest BCUT2D eigenvalue weighted by molar-refractivity contribution is 7.27. The average molecular weight is 316 g/mol. The summed E-state index contributed by atoms with van der Waals surface area (Å²) in [6.07, 6.45) is 2.25. The van der Waals surface area contributed by atoms with Gasteiger partial charge in [-0.2, -0.15) is 0 Å². The number of hydrogen-bond donors (Lipinski definition) is 1. The first-order valence-electron chi connectivity index (χ1n) is 7.61. The molecule has 3 aromatic rings. The molecule has 21 heavy (non-hydrogen) atoms. The van der Waals surface area contributed by atoms with Gasteiger partial charge in [0.1, 0.15) is 0 Å². The van der Waals surface area contributed by atoms with Crippen LogP contribution in [-0.2, 0) is 6.42 Å². The first kappa shape index (κ1) is 14.8. The standard InChI is InChI=1S/C18H21NS2/c1-3-9-19-18(14-7-5-6-13(4-2)11-14)17-12-16-15(21-17)8-10-20-16/h5-8,10-12,18-19H,3-4,9H2,1-2H3. The van der Waals surface area contributed by atoms with E-state index in [-0.39, 0.29) is 0 Å². The molecule has 2 aromatic heterocycles. The Hall–Kier alpha value is -1.16. The second-order valence-electron chi connectivity index (χ2n) is 5.28. The van der Waals surface area contributed by atoms with Crippen LogP contribution in [0.3, 0.4) is 0 Å². The zero-order valence-electron chi connectivity index (χ0n) is 12.6. The number of hydrogen-bond acceptors (Lipinski definition) is 3. The van der Waals surface area contributed by atoms with E-state index >= 15 is 0 Å². The molecule has 0 aliphatic heterocycles. The second-order valence-corrected chi connectivity index (χ2v) is 7.35. The molecule has 0 radical (unpaired) electrons. The topological polar surface area (TPSA) is 12.0 Å². The van der Waals surface area contributed by atoms with Crippen molar-refractivity contribution < 1.29 is 0 Å². The van der Waals surface area contributed by atoms with Gasteiger partial charge in [-0.05, 0) is 48.0 Å². The van der Waals surface area contributed by atoms with Gasteiger partial charge < -0.3 is 5.32 Å². The Kier molecular flexibility index (Phi) is 4.73. The maximum atomic E-state index is 3.72. The van der Waals surface area contributed by atoms with Crippen LogP contribution in [-0.4, -0.2) is 6.54 Å². The SMILES string of the molecule is CCCNC(c1cccc(CC)c1)c1cc2sccc2s1. The van der Waals surface area contributed by atoms with E-state index in [4.69, 9.17) is 0 Å². The van der Waals surface area contributed by atoms with Gasteiger partial charge in [-0.1, -0.05) is 38.1 Å². The van der Waals surface area contributed by atoms with E-state index < -0.39 is 0 Å². The summed E-state index contributed by atoms with van der Waals surface area (Å²) in [6, 6.07) is 13.9. The summed E-state index contributed by atoms with van der Waals surface area (Å²) in [7, 11) is 0. The van der Waals surface area contributed by atoms with Gasteiger partial charge in [-0.25, -0.2) is 0 Å². The maximum absolute atomic E-state index is 3.72. The Morgan fingerprint density at radius 2 is 2.00 bits per heavy atom. The van der Waals surface area contributed by atoms with Gasteiger partial charge in [-0.15, -0.1) is 22.7 Å². The first-order valence-corrected chi connectivity index (χ1v) is 9.30. The van der Waals surface area contributed by atoms with E-state index in [1.54, 1.807) is 0 Å². The largest absolute Gasteiger partial charge is 0.306 e. The normalized spacial score (nSPS) is 12.9. The molecule has 0 amide bonds. The number of fused-ring (bicyclic) bond motifs is 1. The summed E-state index contributed by atoms with van der Waals surface area (Å²) in [6.45, 7) is 5.49. The lowest BCUT2D eigenvalue weighted by Gasteiger charge is -2.18. The summed E-state index contributed by atoms with van der Waals surface area (Å²) >= 11 is 3.75. The molecule has 0 aliphatic carbocycles. The van der Waals surface area contributed by atoms with Gasteiger partial charge in [0.25, 0.3) is 0 Å². The molecule has 0 bridgehead atoms. The Bertz CT molecular complexity index is 682. The van der Waals surface area contributed by atoms with E-state index in [0.717, 1.165) is 19.4 Å². The number of aryl methyl sites for hydroxylation is 1. The fourth-order valence-electron chi connectivity index (χ4n) is 2.59. The molecule has 0 saturated heterocycles. The Labute approximate surface area is 134 Å². The highest BCUT2D eigenvalue weighted by Crippen LogP contribution is 2.36. The summed E-state index contributed by atoms with van der Waals surface area (Å²) in [4.78, 5) is 1.43. The fourth-order valence-corrected chi connectivity index (χ4v) is 4.81. The molecule has 0 saturated carbocycles. The monoisotopic (exact) mass is 315 g/mol. The highest BCUT2D eigenvalue weighted by Gasteiger charge is 2.16. The minimum atomic E-state index is 0.320. The minimum absolute atomic E-state index is 0.320. The van der Waals surface area contributed by atoms with Crippen molar-refractivity contribution in [2.75, 3.05) is 6.54 Å². The molecule has 110 valence electrons. The number of rotatable bonds is 6. The second kappa shape index (κ2) is 6.73. The molecular formula is C18H21NS2. The molecule has 1 atom stereocenters. The first-order chi connectivity index (χ1) is 10.3. The fraction of sp³-hybridized carbons (Fsp3) is 0.333. The highest BCUT2D eigenvalue weighted by atomic mass is 32.1. The molecule has 1 nitrogen and oxygen atoms in total. The predicted octanol–water partition coefficient (Wildman–Crippen LogP) is 5.61. The maximum Gasteiger partial charge on any atom is 0.0671 e. The van der Waals surface area contributed by atoms with Gasteiger partial charge in [0.15, 0.2) is 0 Å². The number of thiophene rings is 2. The van der Waals surface area contributed by atoms with E-state index in [1.807, 2.05) is 22.7 Å². The average Bonchev–Trinajstić information content (AvgIpc) is 3.09. The van der Waals surface area contributed by atoms with Crippen LogP contribution in [0, 0.1) is 0 Å². The number of benzene rings is 1. The van der Waals surface area contributed by atoms with Crippen molar-refractivity contribution in [2.24, 2.45) is 0 Å². The molecule has 3 rings (SSSR count). The third kappa shape index (κ3) is 3.20. The lowest BCUT2D eigenvalue weighted by molar-refractivity contribution is 0.605. The van der Waals surface area contributed by atoms with Crippen molar-refractivity contribution >= 4 is 32.1 Å². The van der Waals surface area contributed by atoms with E-state index in [1.165, 1.54) is 25.4 Å². The van der Waals surface area contributed by atoms with Gasteiger partial charge in [0.2, 0.25) is 0 Å². The van der Waals surface area contributed by atoms with E-state index in [2.05, 4.69) is 60.9 Å². The molecule has 2 heterocycles. The van der Waals surface area contributed by atoms with Crippen molar-refractivity contribution in [1.82, 2.24) is 5.32 Å². The van der Waals surface area contributed by atoms with Crippen molar-refractivity contribution in [3.05, 3.63) is 57.8 Å². The van der Waals surface area contributed by atoms with Gasteiger partial charge in [0.05, 0.1) is 6.04 Å². The van der Waals surface area contributed by atoms with Crippen LogP contribution in [0.2, 0.25) is 0 Å². The van der Waals surface area contributed by atoms with E-state index in [0.29, 0.717) is 6.04 Å². The number of nitrogens with one attached hydrogen (secondary N) is 1. The quantitative estimate of drug-likeness (QED) is 0.623. The molecule has 0 spiro atoms. The zero-order chi connectivity index (χ0) is 14.7. The predicted molar refractivity (Wildman–Crippen MR) is 95.7 cm³/mol. The van der Waals surface area contributed by atoms with Crippen LogP contribution in [0.5, 0.6) is 0 Å². The van der Waals surface area contributed by atoms with E-state index in [9.17, 15) is 0 Å². The summed E-state index contributed by atoms with van der Waals surface area (Å²) in [5.74, 6) is 0. The van der Waals surface area contributed by atoms with Gasteiger partial charge in [0, 0.05) is 14.3 Å². The molecule has 0 fully saturated rings. The van der Waals surface area contributed by atoms with Crippen LogP contribution in [0.15, 0.2) is 41.8 Å². The summed E-state index contributed by atoms with van der Waals surface area (Å²) < 4.78 is 2.81. The third-order valence-corrected chi connectivity index (χ3v) is 5.89. The van der Waals surface area contributed by atoms with Crippen LogP contribution in [0.1, 0.15) is 42.3 Å². The van der Waals surface area contributed by atoms with Crippen molar-refractivity contribution in [3.8, 4) is 0 Å². The summed E-state index contributed by atoms with van der Waals surface area (Å²) in [5.41, 5.74) is 2.80. The molecule has 3 heteroatoms. The van der Waals surface area contributed by atoms with Gasteiger partial charge >= 0.3 is 0 Å². The Morgan fingerprint density at radius 1 is 1.10 bits per heavy atom. The molecule has 1 unspecified atom stereocenters. The van der Waals surface area contributed by atoms with Gasteiger partial charge in [-0.3, -0.25) is 0 Å². The van der Waals surface area contributed by atoms with Crippen LogP contribution in [0.4, 0.5) is 0 Å². The lowest BCUT2D eigenvalue weighted by Crippen LogP contribution is -2.22. The van der Waals surface area contributed by atoms with Crippen molar-refractivity contribution in [3.63, 3.8) is 0 Å². The minimum Gasteiger partial charge on any atom is -0.306 e. The van der Waals surface area contributed by atoms with Crippen LogP contribution >= 0.6 is 22.7 Å². The molecule has 1 N–H and O–H groups in total. The molecule has 0 aliphatic rings. The smallest absolute Gasteiger partial charge is 0.0671 e. The van der Waals surface area contributed by atoms with Crippen LogP contribution in [0.25, 0.3) is 9.40 Å². The van der Waals surface area contributed by atoms with Crippen molar-refractivity contribution in [2.45, 2.75) is 32.7 Å². The Balaban J connectivity index is 1.97. The molecular weight excluding hydrogens is 294 g/mol. The van der Waals surface area contributed by atoms with Crippen LogP contribution < -0.4 is 5.32 Å². The molecule has 1 aromatic carbocycles. The third-order valence-electron chi connectivity index (χ3n) is 3.73.